The molecule has 0 aliphatic carbocycles. The van der Waals surface area contributed by atoms with E-state index in [1.165, 1.54) is 0 Å². The molecule has 0 aliphatic heterocycles. The first-order valence-electron chi connectivity index (χ1n) is 7.36. The second-order valence-corrected chi connectivity index (χ2v) is 6.57. The van der Waals surface area contributed by atoms with E-state index in [2.05, 4.69) is 37.5 Å². The van der Waals surface area contributed by atoms with Gasteiger partial charge in [-0.2, -0.15) is 0 Å². The van der Waals surface area contributed by atoms with Gasteiger partial charge < -0.3 is 59.5 Å². The van der Waals surface area contributed by atoms with Gasteiger partial charge in [0.25, 0.3) is 0 Å². The van der Waals surface area contributed by atoms with Gasteiger partial charge in [-0.1, -0.05) is 36.3 Å². The molecule has 0 saturated heterocycles. The Balaban J connectivity index is -0.000000135. The minimum absolute atomic E-state index is 0. The summed E-state index contributed by atoms with van der Waals surface area (Å²) < 4.78 is 1.23. The molecule has 140 valence electrons. The Morgan fingerprint density at radius 1 is 0.636 bits per heavy atom. The van der Waals surface area contributed by atoms with E-state index >= 15 is 0 Å². The van der Waals surface area contributed by atoms with Crippen LogP contribution < -0.4 is 0 Å². The maximum Gasteiger partial charge on any atom is 1.00 e. The summed E-state index contributed by atoms with van der Waals surface area (Å²) in [5.41, 5.74) is 0. The molecule has 0 radical (unpaired) electrons. The summed E-state index contributed by atoms with van der Waals surface area (Å²) >= 11 is 19.6. The number of rotatable bonds is 8. The fourth-order valence-corrected chi connectivity index (χ4v) is 2.40. The molecule has 0 heterocycles. The third kappa shape index (κ3) is 19.7. The van der Waals surface area contributed by atoms with Crippen LogP contribution in [0.15, 0.2) is 0 Å². The largest absolute Gasteiger partial charge is 1.00 e. The molecule has 0 saturated carbocycles. The number of thiocarbonyl (C=S) groups is 2. The van der Waals surface area contributed by atoms with Crippen LogP contribution in [0.25, 0.3) is 0 Å². The van der Waals surface area contributed by atoms with Crippen molar-refractivity contribution in [2.45, 2.75) is 53.4 Å². The van der Waals surface area contributed by atoms with E-state index in [0.717, 1.165) is 51.9 Å². The normalized spacial score (nSPS) is 8.55. The average Bonchev–Trinajstić information content (AvgIpc) is 2.38. The van der Waals surface area contributed by atoms with Crippen LogP contribution >= 0.6 is 24.4 Å². The minimum Gasteiger partial charge on any atom is -0.411 e. The molecule has 0 aromatic carbocycles. The zero-order valence-electron chi connectivity index (χ0n) is 13.8. The number of hydrogen-bond donors (Lipinski definition) is 0. The van der Waals surface area contributed by atoms with Crippen molar-refractivity contribution < 1.29 is 44.8 Å². The second-order valence-electron chi connectivity index (χ2n) is 4.51. The van der Waals surface area contributed by atoms with Crippen LogP contribution in [0.5, 0.6) is 0 Å². The van der Waals surface area contributed by atoms with Crippen molar-refractivity contribution in [3.8, 4) is 0 Å². The van der Waals surface area contributed by atoms with Crippen LogP contribution in [0.2, 0.25) is 0 Å². The summed E-state index contributed by atoms with van der Waals surface area (Å²) in [6.45, 7) is 12.6. The van der Waals surface area contributed by atoms with Gasteiger partial charge in [0.05, 0.1) is 0 Å². The molecule has 0 spiro atoms. The minimum atomic E-state index is 0. The van der Waals surface area contributed by atoms with E-state index in [9.17, 15) is 0 Å². The molecule has 0 aromatic heterocycles. The standard InChI is InChI=1S/2C7H15NS2.2Au/c2*1-3-5-8(6-4-2)7(9)10;;/h2*3-6H2,1-2H3,(H,9,10);;/q;;2*+1/p-2. The maximum absolute atomic E-state index is 4.89. The van der Waals surface area contributed by atoms with Crippen LogP contribution in [0.1, 0.15) is 53.4 Å². The molecular weight excluding hydrogens is 718 g/mol. The topological polar surface area (TPSA) is 6.48 Å². The maximum atomic E-state index is 4.89. The molecule has 0 aliphatic rings. The van der Waals surface area contributed by atoms with Crippen molar-refractivity contribution in [1.82, 2.24) is 9.80 Å². The van der Waals surface area contributed by atoms with Crippen molar-refractivity contribution in [2.24, 2.45) is 0 Å². The van der Waals surface area contributed by atoms with Gasteiger partial charge in [-0.05, 0) is 25.7 Å². The van der Waals surface area contributed by atoms with Crippen LogP contribution in [-0.4, -0.2) is 44.6 Å². The van der Waals surface area contributed by atoms with Crippen molar-refractivity contribution >= 4 is 58.3 Å². The zero-order chi connectivity index (χ0) is 16.0. The third-order valence-corrected chi connectivity index (χ3v) is 3.52. The predicted molar refractivity (Wildman–Crippen MR) is 104 cm³/mol. The van der Waals surface area contributed by atoms with Crippen molar-refractivity contribution in [3.05, 3.63) is 0 Å². The molecule has 0 rings (SSSR count). The fourth-order valence-electron chi connectivity index (χ4n) is 1.67. The molecule has 8 heteroatoms. The molecule has 0 amide bonds. The fraction of sp³-hybridized carbons (Fsp3) is 0.857. The molecule has 0 aromatic rings. The van der Waals surface area contributed by atoms with Gasteiger partial charge in [0.15, 0.2) is 0 Å². The molecular formula is C14H28Au2N2S4. The average molecular weight is 747 g/mol. The van der Waals surface area contributed by atoms with E-state index in [4.69, 9.17) is 49.7 Å². The molecule has 2 nitrogen and oxygen atoms in total. The Bertz CT molecular complexity index is 231. The first kappa shape index (κ1) is 31.5. The molecule has 0 unspecified atom stereocenters. The van der Waals surface area contributed by atoms with E-state index in [1.807, 2.05) is 0 Å². The van der Waals surface area contributed by atoms with Crippen LogP contribution in [0.4, 0.5) is 0 Å². The molecule has 0 N–H and O–H groups in total. The van der Waals surface area contributed by atoms with Gasteiger partial charge >= 0.3 is 44.8 Å². The zero-order valence-corrected chi connectivity index (χ0v) is 21.4. The number of nitrogens with zero attached hydrogens (tertiary/aromatic N) is 2. The second kappa shape index (κ2) is 22.7. The summed E-state index contributed by atoms with van der Waals surface area (Å²) in [6, 6.07) is 0. The van der Waals surface area contributed by atoms with Crippen LogP contribution in [-0.2, 0) is 70.0 Å². The van der Waals surface area contributed by atoms with Crippen molar-refractivity contribution in [2.75, 3.05) is 26.2 Å². The summed E-state index contributed by atoms with van der Waals surface area (Å²) in [5, 5.41) is 0. The first-order chi connectivity index (χ1) is 9.44. The van der Waals surface area contributed by atoms with E-state index in [0.29, 0.717) is 8.64 Å². The van der Waals surface area contributed by atoms with Gasteiger partial charge in [0.1, 0.15) is 0 Å². The molecule has 0 atom stereocenters. The molecule has 0 fully saturated rings. The van der Waals surface area contributed by atoms with E-state index < -0.39 is 0 Å². The first-order valence-corrected chi connectivity index (χ1v) is 8.99. The Kier molecular flexibility index (Phi) is 32.5. The van der Waals surface area contributed by atoms with Crippen molar-refractivity contribution in [3.63, 3.8) is 0 Å². The Morgan fingerprint density at radius 3 is 0.909 bits per heavy atom. The number of hydrogen-bond acceptors (Lipinski definition) is 4. The molecule has 22 heavy (non-hydrogen) atoms. The van der Waals surface area contributed by atoms with E-state index in [-0.39, 0.29) is 44.8 Å². The SMILES string of the molecule is CCCN(CCC)C(=S)[S-].CCCN(CCC)C(=S)[S-].[Au+].[Au+]. The van der Waals surface area contributed by atoms with Gasteiger partial charge in [-0.15, -0.1) is 0 Å². The van der Waals surface area contributed by atoms with E-state index in [1.54, 1.807) is 0 Å². The summed E-state index contributed by atoms with van der Waals surface area (Å²) in [6.07, 6.45) is 4.49. The Labute approximate surface area is 190 Å². The quantitative estimate of drug-likeness (QED) is 0.210. The van der Waals surface area contributed by atoms with Crippen LogP contribution in [0.3, 0.4) is 0 Å². The van der Waals surface area contributed by atoms with Gasteiger partial charge in [-0.25, -0.2) is 0 Å². The predicted octanol–water partition coefficient (Wildman–Crippen LogP) is 3.88. The third-order valence-electron chi connectivity index (χ3n) is 2.49. The van der Waals surface area contributed by atoms with Crippen molar-refractivity contribution in [1.29, 1.82) is 0 Å². The van der Waals surface area contributed by atoms with Gasteiger partial charge in [0.2, 0.25) is 0 Å². The van der Waals surface area contributed by atoms with Gasteiger partial charge in [0, 0.05) is 26.2 Å². The molecule has 0 bridgehead atoms. The summed E-state index contributed by atoms with van der Waals surface area (Å²) in [4.78, 5) is 4.15. The monoisotopic (exact) mass is 746 g/mol. The van der Waals surface area contributed by atoms with Crippen LogP contribution in [0, 0.1) is 0 Å². The summed E-state index contributed by atoms with van der Waals surface area (Å²) in [7, 11) is 0. The smallest absolute Gasteiger partial charge is 0.411 e. The Hall–Kier alpha value is 1.70. The summed E-state index contributed by atoms with van der Waals surface area (Å²) in [5.74, 6) is 0. The Morgan fingerprint density at radius 2 is 0.818 bits per heavy atom. The van der Waals surface area contributed by atoms with Gasteiger partial charge in [-0.3, -0.25) is 0 Å².